The third kappa shape index (κ3) is 2.63. The molecule has 3 rings (SSSR count). The first-order chi connectivity index (χ1) is 9.36. The van der Waals surface area contributed by atoms with Gasteiger partial charge in [-0.2, -0.15) is 5.26 Å². The number of nitrogens with zero attached hydrogens (tertiary/aromatic N) is 2. The predicted octanol–water partition coefficient (Wildman–Crippen LogP) is 3.35. The zero-order chi connectivity index (χ0) is 13.1. The lowest BCUT2D eigenvalue weighted by Gasteiger charge is -2.10. The van der Waals surface area contributed by atoms with Crippen LogP contribution in [0.3, 0.4) is 0 Å². The van der Waals surface area contributed by atoms with E-state index in [0.29, 0.717) is 5.56 Å². The van der Waals surface area contributed by atoms with Crippen molar-refractivity contribution < 1.29 is 0 Å². The summed E-state index contributed by atoms with van der Waals surface area (Å²) < 4.78 is 0. The average molecular weight is 253 g/mol. The largest absolute Gasteiger partial charge is 0.369 e. The molecule has 0 saturated heterocycles. The van der Waals surface area contributed by atoms with E-state index in [0.717, 1.165) is 31.6 Å². The molecule has 3 nitrogen and oxygen atoms in total. The van der Waals surface area contributed by atoms with Gasteiger partial charge in [-0.25, -0.2) is 4.98 Å². The quantitative estimate of drug-likeness (QED) is 0.837. The molecule has 0 fully saturated rings. The topological polar surface area (TPSA) is 48.7 Å². The standard InChI is InChI=1S/C16H19N3/c17-11-14-10-13-6-3-7-15(13)19-16(14)18-9-8-12-4-1-2-5-12/h4,10H,1-3,5-9H2,(H,18,19). The van der Waals surface area contributed by atoms with E-state index < -0.39 is 0 Å². The number of nitrogens with one attached hydrogen (secondary N) is 1. The van der Waals surface area contributed by atoms with Crippen LogP contribution in [-0.2, 0) is 12.8 Å². The van der Waals surface area contributed by atoms with Crippen molar-refractivity contribution in [1.82, 2.24) is 4.98 Å². The van der Waals surface area contributed by atoms with E-state index in [4.69, 9.17) is 0 Å². The van der Waals surface area contributed by atoms with Crippen LogP contribution in [0.5, 0.6) is 0 Å². The molecule has 1 N–H and O–H groups in total. The molecule has 0 atom stereocenters. The summed E-state index contributed by atoms with van der Waals surface area (Å²) in [6, 6.07) is 4.28. The third-order valence-corrected chi connectivity index (χ3v) is 4.04. The summed E-state index contributed by atoms with van der Waals surface area (Å²) >= 11 is 0. The summed E-state index contributed by atoms with van der Waals surface area (Å²) in [6.45, 7) is 0.881. The molecule has 0 amide bonds. The first-order valence-electron chi connectivity index (χ1n) is 7.21. The second-order valence-electron chi connectivity index (χ2n) is 5.39. The monoisotopic (exact) mass is 253 g/mol. The smallest absolute Gasteiger partial charge is 0.144 e. The number of hydrogen-bond acceptors (Lipinski definition) is 3. The number of allylic oxidation sites excluding steroid dienone is 1. The van der Waals surface area contributed by atoms with Crippen LogP contribution >= 0.6 is 0 Å². The van der Waals surface area contributed by atoms with Crippen molar-refractivity contribution in [3.05, 3.63) is 34.5 Å². The van der Waals surface area contributed by atoms with Crippen molar-refractivity contribution in [2.24, 2.45) is 0 Å². The Hall–Kier alpha value is -1.82. The molecule has 0 bridgehead atoms. The molecule has 98 valence electrons. The Morgan fingerprint density at radius 2 is 2.21 bits per heavy atom. The Bertz CT molecular complexity index is 552. The molecule has 0 aliphatic heterocycles. The van der Waals surface area contributed by atoms with Crippen molar-refractivity contribution >= 4 is 5.82 Å². The molecule has 1 heterocycles. The lowest BCUT2D eigenvalue weighted by molar-refractivity contribution is 0.860. The van der Waals surface area contributed by atoms with Crippen LogP contribution in [-0.4, -0.2) is 11.5 Å². The molecule has 0 radical (unpaired) electrons. The van der Waals surface area contributed by atoms with Crippen molar-refractivity contribution in [1.29, 1.82) is 5.26 Å². The van der Waals surface area contributed by atoms with E-state index in [-0.39, 0.29) is 0 Å². The van der Waals surface area contributed by atoms with Crippen LogP contribution in [0.25, 0.3) is 0 Å². The molecule has 0 spiro atoms. The highest BCUT2D eigenvalue weighted by molar-refractivity contribution is 5.55. The molecule has 0 saturated carbocycles. The molecule has 1 aromatic rings. The van der Waals surface area contributed by atoms with Crippen LogP contribution in [0.4, 0.5) is 5.82 Å². The molecular weight excluding hydrogens is 234 g/mol. The molecule has 19 heavy (non-hydrogen) atoms. The molecule has 0 aromatic carbocycles. The lowest BCUT2D eigenvalue weighted by Crippen LogP contribution is -2.07. The highest BCUT2D eigenvalue weighted by Crippen LogP contribution is 2.25. The number of anilines is 1. The molecule has 2 aliphatic carbocycles. The normalized spacial score (nSPS) is 16.9. The van der Waals surface area contributed by atoms with Gasteiger partial charge < -0.3 is 5.32 Å². The summed E-state index contributed by atoms with van der Waals surface area (Å²) in [5, 5.41) is 12.6. The van der Waals surface area contributed by atoms with E-state index in [1.165, 1.54) is 36.9 Å². The minimum Gasteiger partial charge on any atom is -0.369 e. The Labute approximate surface area is 114 Å². The average Bonchev–Trinajstić information content (AvgIpc) is 3.08. The summed E-state index contributed by atoms with van der Waals surface area (Å²) in [5.41, 5.74) is 4.69. The molecule has 3 heteroatoms. The summed E-state index contributed by atoms with van der Waals surface area (Å²) in [7, 11) is 0. The number of aromatic nitrogens is 1. The number of pyridine rings is 1. The van der Waals surface area contributed by atoms with Crippen molar-refractivity contribution in [2.75, 3.05) is 11.9 Å². The van der Waals surface area contributed by atoms with Gasteiger partial charge in [0.1, 0.15) is 11.9 Å². The van der Waals surface area contributed by atoms with Gasteiger partial charge in [-0.15, -0.1) is 0 Å². The lowest BCUT2D eigenvalue weighted by atomic mass is 10.1. The maximum absolute atomic E-state index is 9.22. The Kier molecular flexibility index (Phi) is 3.50. The predicted molar refractivity (Wildman–Crippen MR) is 76.0 cm³/mol. The number of rotatable bonds is 4. The Morgan fingerprint density at radius 3 is 3.00 bits per heavy atom. The zero-order valence-corrected chi connectivity index (χ0v) is 11.2. The highest BCUT2D eigenvalue weighted by Gasteiger charge is 2.16. The van der Waals surface area contributed by atoms with Gasteiger partial charge in [0.25, 0.3) is 0 Å². The van der Waals surface area contributed by atoms with Gasteiger partial charge in [-0.3, -0.25) is 0 Å². The van der Waals surface area contributed by atoms with Gasteiger partial charge >= 0.3 is 0 Å². The fourth-order valence-corrected chi connectivity index (χ4v) is 3.00. The maximum Gasteiger partial charge on any atom is 0.144 e. The second-order valence-corrected chi connectivity index (χ2v) is 5.39. The second kappa shape index (κ2) is 5.44. The fraction of sp³-hybridized carbons (Fsp3) is 0.500. The van der Waals surface area contributed by atoms with E-state index in [1.54, 1.807) is 5.57 Å². The summed E-state index contributed by atoms with van der Waals surface area (Å²) in [5.74, 6) is 0.779. The number of nitriles is 1. The SMILES string of the molecule is N#Cc1cc2c(nc1NCCC1=CCCC1)CCC2. The minimum absolute atomic E-state index is 0.695. The van der Waals surface area contributed by atoms with Gasteiger partial charge in [-0.1, -0.05) is 11.6 Å². The molecular formula is C16H19N3. The van der Waals surface area contributed by atoms with E-state index in [2.05, 4.69) is 22.4 Å². The Balaban J connectivity index is 1.68. The highest BCUT2D eigenvalue weighted by atomic mass is 15.0. The molecule has 0 unspecified atom stereocenters. The molecule has 1 aromatic heterocycles. The Morgan fingerprint density at radius 1 is 1.26 bits per heavy atom. The van der Waals surface area contributed by atoms with Gasteiger partial charge in [0.15, 0.2) is 0 Å². The van der Waals surface area contributed by atoms with Crippen LogP contribution < -0.4 is 5.32 Å². The minimum atomic E-state index is 0.695. The molecule has 2 aliphatic rings. The summed E-state index contributed by atoms with van der Waals surface area (Å²) in [4.78, 5) is 4.64. The number of aryl methyl sites for hydroxylation is 2. The van der Waals surface area contributed by atoms with E-state index in [1.807, 2.05) is 6.07 Å². The van der Waals surface area contributed by atoms with Crippen LogP contribution in [0.2, 0.25) is 0 Å². The fourth-order valence-electron chi connectivity index (χ4n) is 3.00. The van der Waals surface area contributed by atoms with E-state index in [9.17, 15) is 5.26 Å². The zero-order valence-electron chi connectivity index (χ0n) is 11.2. The van der Waals surface area contributed by atoms with Crippen molar-refractivity contribution in [2.45, 2.75) is 44.9 Å². The number of fused-ring (bicyclic) bond motifs is 1. The van der Waals surface area contributed by atoms with Crippen molar-refractivity contribution in [3.8, 4) is 6.07 Å². The maximum atomic E-state index is 9.22. The number of hydrogen-bond donors (Lipinski definition) is 1. The first-order valence-corrected chi connectivity index (χ1v) is 7.21. The van der Waals surface area contributed by atoms with E-state index >= 15 is 0 Å². The third-order valence-electron chi connectivity index (χ3n) is 4.04. The first kappa shape index (κ1) is 12.2. The van der Waals surface area contributed by atoms with Crippen molar-refractivity contribution in [3.63, 3.8) is 0 Å². The van der Waals surface area contributed by atoms with Crippen LogP contribution in [0.1, 0.15) is 48.9 Å². The van der Waals surface area contributed by atoms with Gasteiger partial charge in [0.2, 0.25) is 0 Å². The van der Waals surface area contributed by atoms with Gasteiger partial charge in [0, 0.05) is 12.2 Å². The van der Waals surface area contributed by atoms with Crippen LogP contribution in [0.15, 0.2) is 17.7 Å². The van der Waals surface area contributed by atoms with Gasteiger partial charge in [-0.05, 0) is 56.6 Å². The van der Waals surface area contributed by atoms with Crippen LogP contribution in [0, 0.1) is 11.3 Å². The summed E-state index contributed by atoms with van der Waals surface area (Å²) in [6.07, 6.45) is 10.5. The van der Waals surface area contributed by atoms with Gasteiger partial charge in [0.05, 0.1) is 5.56 Å².